The molecule has 6 heteroatoms. The van der Waals surface area contributed by atoms with Gasteiger partial charge >= 0.3 is 0 Å². The van der Waals surface area contributed by atoms with Crippen molar-refractivity contribution in [1.82, 2.24) is 4.90 Å². The fourth-order valence-electron chi connectivity index (χ4n) is 2.13. The zero-order valence-corrected chi connectivity index (χ0v) is 11.0. The van der Waals surface area contributed by atoms with Crippen molar-refractivity contribution in [3.8, 4) is 0 Å². The number of carbonyl (C=O) groups is 1. The van der Waals surface area contributed by atoms with Gasteiger partial charge in [0.25, 0.3) is 5.69 Å². The first-order chi connectivity index (χ1) is 8.56. The summed E-state index contributed by atoms with van der Waals surface area (Å²) >= 11 is 1.62. The maximum absolute atomic E-state index is 11.7. The Kier molecular flexibility index (Phi) is 3.56. The lowest BCUT2D eigenvalue weighted by atomic mass is 9.94. The Balaban J connectivity index is 2.20. The van der Waals surface area contributed by atoms with Crippen LogP contribution in [0.25, 0.3) is 0 Å². The lowest BCUT2D eigenvalue weighted by molar-refractivity contribution is -0.384. The minimum Gasteiger partial charge on any atom is -0.336 e. The SMILES string of the molecule is CCS[C@@H]1C(=O)N(C)[C@@H]1c1ccc([N+](=O)[O-])cc1. The van der Waals surface area contributed by atoms with E-state index in [-0.39, 0.29) is 22.9 Å². The van der Waals surface area contributed by atoms with E-state index in [1.54, 1.807) is 35.8 Å². The van der Waals surface area contributed by atoms with Crippen molar-refractivity contribution in [2.75, 3.05) is 12.8 Å². The summed E-state index contributed by atoms with van der Waals surface area (Å²) in [4.78, 5) is 23.6. The van der Waals surface area contributed by atoms with Gasteiger partial charge in [-0.15, -0.1) is 11.8 Å². The van der Waals surface area contributed by atoms with Crippen molar-refractivity contribution < 1.29 is 9.72 Å². The Hall–Kier alpha value is -1.56. The molecule has 0 unspecified atom stereocenters. The van der Waals surface area contributed by atoms with Crippen molar-refractivity contribution in [3.63, 3.8) is 0 Å². The van der Waals surface area contributed by atoms with E-state index in [2.05, 4.69) is 0 Å². The number of nitrogens with zero attached hydrogens (tertiary/aromatic N) is 2. The van der Waals surface area contributed by atoms with E-state index >= 15 is 0 Å². The highest BCUT2D eigenvalue weighted by Gasteiger charge is 2.45. The van der Waals surface area contributed by atoms with Gasteiger partial charge in [0.05, 0.1) is 11.0 Å². The molecule has 1 amide bonds. The Morgan fingerprint density at radius 1 is 1.39 bits per heavy atom. The highest BCUT2D eigenvalue weighted by molar-refractivity contribution is 8.00. The van der Waals surface area contributed by atoms with Crippen LogP contribution in [-0.2, 0) is 4.79 Å². The summed E-state index contributed by atoms with van der Waals surface area (Å²) in [7, 11) is 1.77. The molecular weight excluding hydrogens is 252 g/mol. The molecule has 0 aliphatic carbocycles. The second-order valence-electron chi connectivity index (χ2n) is 4.12. The zero-order valence-electron chi connectivity index (χ0n) is 10.2. The number of hydrogen-bond donors (Lipinski definition) is 0. The minimum atomic E-state index is -0.419. The van der Waals surface area contributed by atoms with E-state index in [0.29, 0.717) is 0 Å². The summed E-state index contributed by atoms with van der Waals surface area (Å²) in [6.45, 7) is 2.02. The normalized spacial score (nSPS) is 22.8. The number of hydrogen-bond acceptors (Lipinski definition) is 4. The average molecular weight is 266 g/mol. The molecule has 96 valence electrons. The second-order valence-corrected chi connectivity index (χ2v) is 5.54. The van der Waals surface area contributed by atoms with Crippen molar-refractivity contribution in [1.29, 1.82) is 0 Å². The number of amides is 1. The summed E-state index contributed by atoms with van der Waals surface area (Å²) < 4.78 is 0. The van der Waals surface area contributed by atoms with Crippen LogP contribution in [0.5, 0.6) is 0 Å². The predicted molar refractivity (Wildman–Crippen MR) is 70.5 cm³/mol. The van der Waals surface area contributed by atoms with Gasteiger partial charge in [0.1, 0.15) is 5.25 Å². The third-order valence-electron chi connectivity index (χ3n) is 3.09. The van der Waals surface area contributed by atoms with Gasteiger partial charge in [-0.05, 0) is 11.3 Å². The van der Waals surface area contributed by atoms with E-state index in [1.165, 1.54) is 12.1 Å². The number of rotatable bonds is 4. The monoisotopic (exact) mass is 266 g/mol. The summed E-state index contributed by atoms with van der Waals surface area (Å²) in [6.07, 6.45) is 0. The van der Waals surface area contributed by atoms with E-state index in [4.69, 9.17) is 0 Å². The quantitative estimate of drug-likeness (QED) is 0.476. The third kappa shape index (κ3) is 2.08. The second kappa shape index (κ2) is 4.97. The molecule has 2 rings (SSSR count). The molecule has 5 nitrogen and oxygen atoms in total. The van der Waals surface area contributed by atoms with Crippen LogP contribution in [0.2, 0.25) is 0 Å². The average Bonchev–Trinajstić information content (AvgIpc) is 2.38. The number of β-lactam (4-membered cyclic amide) rings is 1. The molecule has 1 aliphatic rings. The summed E-state index contributed by atoms with van der Waals surface area (Å²) in [6, 6.07) is 6.46. The predicted octanol–water partition coefficient (Wildman–Crippen LogP) is 2.23. The molecule has 1 heterocycles. The number of thioether (sulfide) groups is 1. The Labute approximate surface area is 109 Å². The highest BCUT2D eigenvalue weighted by Crippen LogP contribution is 2.41. The molecule has 0 bridgehead atoms. The van der Waals surface area contributed by atoms with Gasteiger partial charge in [0.2, 0.25) is 5.91 Å². The lowest BCUT2D eigenvalue weighted by Gasteiger charge is -2.44. The minimum absolute atomic E-state index is 0.0308. The molecule has 0 radical (unpaired) electrons. The molecular formula is C12H14N2O3S. The summed E-state index contributed by atoms with van der Waals surface area (Å²) in [5.74, 6) is 1.01. The molecule has 2 atom stereocenters. The zero-order chi connectivity index (χ0) is 13.3. The van der Waals surface area contributed by atoms with Gasteiger partial charge < -0.3 is 4.90 Å². The van der Waals surface area contributed by atoms with Crippen LogP contribution in [-0.4, -0.2) is 33.8 Å². The van der Waals surface area contributed by atoms with Crippen LogP contribution < -0.4 is 0 Å². The van der Waals surface area contributed by atoms with Gasteiger partial charge in [-0.3, -0.25) is 14.9 Å². The van der Waals surface area contributed by atoms with E-state index < -0.39 is 4.92 Å². The first kappa shape index (κ1) is 12.9. The first-order valence-electron chi connectivity index (χ1n) is 5.69. The van der Waals surface area contributed by atoms with Gasteiger partial charge in [-0.2, -0.15) is 0 Å². The van der Waals surface area contributed by atoms with Gasteiger partial charge in [-0.1, -0.05) is 19.1 Å². The molecule has 1 saturated heterocycles. The molecule has 1 aromatic carbocycles. The van der Waals surface area contributed by atoms with Gasteiger partial charge in [0.15, 0.2) is 0 Å². The van der Waals surface area contributed by atoms with Crippen LogP contribution in [0, 0.1) is 10.1 Å². The molecule has 1 fully saturated rings. The smallest absolute Gasteiger partial charge is 0.269 e. The van der Waals surface area contributed by atoms with Crippen molar-refractivity contribution in [2.24, 2.45) is 0 Å². The van der Waals surface area contributed by atoms with Crippen LogP contribution in [0.3, 0.4) is 0 Å². The maximum atomic E-state index is 11.7. The third-order valence-corrected chi connectivity index (χ3v) is 4.24. The van der Waals surface area contributed by atoms with Crippen molar-refractivity contribution in [2.45, 2.75) is 18.2 Å². The lowest BCUT2D eigenvalue weighted by Crippen LogP contribution is -2.55. The van der Waals surface area contributed by atoms with E-state index in [0.717, 1.165) is 11.3 Å². The maximum Gasteiger partial charge on any atom is 0.269 e. The Bertz CT molecular complexity index is 475. The topological polar surface area (TPSA) is 63.5 Å². The Morgan fingerprint density at radius 2 is 2.00 bits per heavy atom. The number of nitro groups is 1. The molecule has 0 spiro atoms. The molecule has 0 N–H and O–H groups in total. The van der Waals surface area contributed by atoms with Gasteiger partial charge in [-0.25, -0.2) is 0 Å². The van der Waals surface area contributed by atoms with E-state index in [1.807, 2.05) is 6.92 Å². The van der Waals surface area contributed by atoms with Crippen molar-refractivity contribution >= 4 is 23.4 Å². The van der Waals surface area contributed by atoms with Crippen LogP contribution >= 0.6 is 11.8 Å². The number of benzene rings is 1. The fraction of sp³-hybridized carbons (Fsp3) is 0.417. The van der Waals surface area contributed by atoms with Crippen LogP contribution in [0.4, 0.5) is 5.69 Å². The largest absolute Gasteiger partial charge is 0.336 e. The standard InChI is InChI=1S/C12H14N2O3S/c1-3-18-11-10(13(2)12(11)15)8-4-6-9(7-5-8)14(16)17/h4-7,10-11H,3H2,1-2H3/t10-,11+/m1/s1. The number of non-ortho nitro benzene ring substituents is 1. The Morgan fingerprint density at radius 3 is 2.50 bits per heavy atom. The summed E-state index contributed by atoms with van der Waals surface area (Å²) in [5, 5.41) is 10.5. The number of likely N-dealkylation sites (tertiary alicyclic amines) is 1. The summed E-state index contributed by atoms with van der Waals surface area (Å²) in [5.41, 5.74) is 1.03. The van der Waals surface area contributed by atoms with Gasteiger partial charge in [0, 0.05) is 19.2 Å². The molecule has 18 heavy (non-hydrogen) atoms. The number of carbonyl (C=O) groups excluding carboxylic acids is 1. The highest BCUT2D eigenvalue weighted by atomic mass is 32.2. The van der Waals surface area contributed by atoms with Crippen molar-refractivity contribution in [3.05, 3.63) is 39.9 Å². The molecule has 1 aliphatic heterocycles. The fourth-order valence-corrected chi connectivity index (χ4v) is 3.32. The molecule has 1 aromatic rings. The first-order valence-corrected chi connectivity index (χ1v) is 6.73. The van der Waals surface area contributed by atoms with Crippen LogP contribution in [0.15, 0.2) is 24.3 Å². The van der Waals surface area contributed by atoms with Crippen LogP contribution in [0.1, 0.15) is 18.5 Å². The van der Waals surface area contributed by atoms with E-state index in [9.17, 15) is 14.9 Å². The molecule has 0 saturated carbocycles. The molecule has 0 aromatic heterocycles. The number of nitro benzene ring substituents is 1.